The molecule has 42 heavy (non-hydrogen) atoms. The van der Waals surface area contributed by atoms with Crippen LogP contribution in [0.4, 0.5) is 0 Å². The van der Waals surface area contributed by atoms with Gasteiger partial charge in [-0.1, -0.05) is 36.4 Å². The summed E-state index contributed by atoms with van der Waals surface area (Å²) in [5, 5.41) is 0. The smallest absolute Gasteiger partial charge is 0.0893 e. The van der Waals surface area contributed by atoms with Crippen molar-refractivity contribution in [3.05, 3.63) is 143 Å². The standard InChI is InChI=1S/C36H28N6/c1-25-9-3-15-31(37-25)33-17-5-11-27(39-33)21-23-29-13-7-19-35(41-29)36-20-8-14-30(42-36)24-22-28-12-6-18-34(40-28)32-16-4-10-26(2)38-32/h3-24H,1-2H3/b23-21+,24-22+. The number of nitrogens with zero attached hydrogens (tertiary/aromatic N) is 6. The number of hydrogen-bond acceptors (Lipinski definition) is 6. The van der Waals surface area contributed by atoms with Crippen LogP contribution in [-0.4, -0.2) is 29.9 Å². The van der Waals surface area contributed by atoms with Crippen molar-refractivity contribution in [1.82, 2.24) is 29.9 Å². The lowest BCUT2D eigenvalue weighted by molar-refractivity contribution is 1.17. The molecule has 0 amide bonds. The Hall–Kier alpha value is -5.62. The molecule has 0 bridgehead atoms. The first-order valence-corrected chi connectivity index (χ1v) is 13.7. The molecule has 6 heterocycles. The second kappa shape index (κ2) is 12.3. The summed E-state index contributed by atoms with van der Waals surface area (Å²) >= 11 is 0. The predicted octanol–water partition coefficient (Wildman–Crippen LogP) is 8.02. The van der Waals surface area contributed by atoms with E-state index in [4.69, 9.17) is 19.9 Å². The van der Waals surface area contributed by atoms with Crippen LogP contribution in [0.15, 0.2) is 109 Å². The topological polar surface area (TPSA) is 77.3 Å². The molecule has 0 atom stereocenters. The average Bonchev–Trinajstić information content (AvgIpc) is 3.03. The van der Waals surface area contributed by atoms with Gasteiger partial charge in [-0.3, -0.25) is 9.97 Å². The Balaban J connectivity index is 1.19. The van der Waals surface area contributed by atoms with Crippen molar-refractivity contribution in [1.29, 1.82) is 0 Å². The molecule has 0 fully saturated rings. The molecule has 0 N–H and O–H groups in total. The first kappa shape index (κ1) is 26.6. The molecule has 6 aromatic rings. The molecule has 0 aliphatic carbocycles. The quantitative estimate of drug-likeness (QED) is 0.203. The number of pyridine rings is 6. The second-order valence-corrected chi connectivity index (χ2v) is 9.79. The Labute approximate surface area is 245 Å². The Kier molecular flexibility index (Phi) is 7.77. The van der Waals surface area contributed by atoms with Crippen molar-refractivity contribution >= 4 is 24.3 Å². The summed E-state index contributed by atoms with van der Waals surface area (Å²) in [4.78, 5) is 28.3. The SMILES string of the molecule is Cc1cccc(-c2cccc(/C=C/c3cccc(-c4cccc(/C=C/c5cccc(-c6cccc(C)n6)n5)n4)n3)n2)n1. The van der Waals surface area contributed by atoms with E-state index in [9.17, 15) is 0 Å². The van der Waals surface area contributed by atoms with Crippen molar-refractivity contribution < 1.29 is 0 Å². The van der Waals surface area contributed by atoms with E-state index in [2.05, 4.69) is 9.97 Å². The summed E-state index contributed by atoms with van der Waals surface area (Å²) in [5.74, 6) is 0. The van der Waals surface area contributed by atoms with Crippen LogP contribution in [0, 0.1) is 13.8 Å². The summed E-state index contributed by atoms with van der Waals surface area (Å²) in [6, 6.07) is 35.6. The molecule has 0 aliphatic rings. The first-order valence-electron chi connectivity index (χ1n) is 13.7. The summed E-state index contributed by atoms with van der Waals surface area (Å²) < 4.78 is 0. The van der Waals surface area contributed by atoms with E-state index in [0.29, 0.717) is 0 Å². The highest BCUT2D eigenvalue weighted by molar-refractivity contribution is 5.71. The lowest BCUT2D eigenvalue weighted by atomic mass is 10.2. The molecule has 0 unspecified atom stereocenters. The molecule has 0 saturated carbocycles. The number of aromatic nitrogens is 6. The molecular weight excluding hydrogens is 516 g/mol. The molecule has 6 heteroatoms. The fraction of sp³-hybridized carbons (Fsp3) is 0.0556. The maximum atomic E-state index is 4.83. The van der Waals surface area contributed by atoms with E-state index in [1.54, 1.807) is 0 Å². The van der Waals surface area contributed by atoms with Crippen LogP contribution in [0.2, 0.25) is 0 Å². The molecule has 202 valence electrons. The van der Waals surface area contributed by atoms with E-state index >= 15 is 0 Å². The van der Waals surface area contributed by atoms with Crippen LogP contribution < -0.4 is 0 Å². The second-order valence-electron chi connectivity index (χ2n) is 9.79. The van der Waals surface area contributed by atoms with Gasteiger partial charge in [0.1, 0.15) is 0 Å². The molecular formula is C36H28N6. The Bertz CT molecular complexity index is 1780. The zero-order valence-electron chi connectivity index (χ0n) is 23.4. The fourth-order valence-corrected chi connectivity index (χ4v) is 4.46. The van der Waals surface area contributed by atoms with Crippen molar-refractivity contribution in [2.75, 3.05) is 0 Å². The maximum Gasteiger partial charge on any atom is 0.0893 e. The van der Waals surface area contributed by atoms with Crippen LogP contribution in [0.3, 0.4) is 0 Å². The minimum atomic E-state index is 0.795. The van der Waals surface area contributed by atoms with E-state index < -0.39 is 0 Å². The van der Waals surface area contributed by atoms with Gasteiger partial charge in [-0.15, -0.1) is 0 Å². The number of hydrogen-bond donors (Lipinski definition) is 0. The summed E-state index contributed by atoms with van der Waals surface area (Å²) in [6.45, 7) is 3.96. The third-order valence-corrected chi connectivity index (χ3v) is 6.50. The zero-order valence-corrected chi connectivity index (χ0v) is 23.4. The molecule has 0 aromatic carbocycles. The molecule has 0 aliphatic heterocycles. The first-order chi connectivity index (χ1) is 20.6. The highest BCUT2D eigenvalue weighted by Crippen LogP contribution is 2.20. The van der Waals surface area contributed by atoms with Crippen LogP contribution in [-0.2, 0) is 0 Å². The number of aryl methyl sites for hydroxylation is 2. The molecule has 6 nitrogen and oxygen atoms in total. The van der Waals surface area contributed by atoms with Gasteiger partial charge in [0.25, 0.3) is 0 Å². The average molecular weight is 545 g/mol. The van der Waals surface area contributed by atoms with E-state index in [0.717, 1.165) is 68.3 Å². The monoisotopic (exact) mass is 544 g/mol. The Morgan fingerprint density at radius 2 is 0.548 bits per heavy atom. The summed E-state index contributed by atoms with van der Waals surface area (Å²) in [5.41, 5.74) is 10.2. The number of rotatable bonds is 7. The van der Waals surface area contributed by atoms with E-state index in [-0.39, 0.29) is 0 Å². The minimum Gasteiger partial charge on any atom is -0.251 e. The molecule has 6 rings (SSSR count). The summed E-state index contributed by atoms with van der Waals surface area (Å²) in [6.07, 6.45) is 7.85. The molecule has 0 saturated heterocycles. The zero-order chi connectivity index (χ0) is 28.7. The van der Waals surface area contributed by atoms with E-state index in [1.807, 2.05) is 147 Å². The van der Waals surface area contributed by atoms with Crippen LogP contribution in [0.5, 0.6) is 0 Å². The van der Waals surface area contributed by atoms with E-state index in [1.165, 1.54) is 0 Å². The van der Waals surface area contributed by atoms with Gasteiger partial charge in [0.15, 0.2) is 0 Å². The van der Waals surface area contributed by atoms with Gasteiger partial charge in [0, 0.05) is 11.4 Å². The third-order valence-electron chi connectivity index (χ3n) is 6.50. The fourth-order valence-electron chi connectivity index (χ4n) is 4.46. The van der Waals surface area contributed by atoms with Crippen LogP contribution >= 0.6 is 0 Å². The van der Waals surface area contributed by atoms with Gasteiger partial charge in [0.2, 0.25) is 0 Å². The lowest BCUT2D eigenvalue weighted by Crippen LogP contribution is -1.92. The largest absolute Gasteiger partial charge is 0.251 e. The highest BCUT2D eigenvalue weighted by atomic mass is 14.8. The van der Waals surface area contributed by atoms with Gasteiger partial charge in [-0.25, -0.2) is 19.9 Å². The normalized spacial score (nSPS) is 11.4. The van der Waals surface area contributed by atoms with Crippen LogP contribution in [0.25, 0.3) is 58.5 Å². The molecule has 0 radical (unpaired) electrons. The predicted molar refractivity (Wildman–Crippen MR) is 170 cm³/mol. The lowest BCUT2D eigenvalue weighted by Gasteiger charge is -2.04. The molecule has 0 spiro atoms. The highest BCUT2D eigenvalue weighted by Gasteiger charge is 2.05. The third kappa shape index (κ3) is 6.57. The Morgan fingerprint density at radius 1 is 0.310 bits per heavy atom. The van der Waals surface area contributed by atoms with Crippen LogP contribution in [0.1, 0.15) is 34.2 Å². The van der Waals surface area contributed by atoms with Gasteiger partial charge in [0.05, 0.1) is 56.9 Å². The van der Waals surface area contributed by atoms with Gasteiger partial charge in [-0.2, -0.15) is 0 Å². The van der Waals surface area contributed by atoms with Gasteiger partial charge in [-0.05, 0) is 111 Å². The van der Waals surface area contributed by atoms with Gasteiger partial charge >= 0.3 is 0 Å². The Morgan fingerprint density at radius 3 is 0.810 bits per heavy atom. The van der Waals surface area contributed by atoms with Crippen molar-refractivity contribution in [2.45, 2.75) is 13.8 Å². The maximum absolute atomic E-state index is 4.83. The summed E-state index contributed by atoms with van der Waals surface area (Å²) in [7, 11) is 0. The molecule has 6 aromatic heterocycles. The minimum absolute atomic E-state index is 0.795. The van der Waals surface area contributed by atoms with Gasteiger partial charge < -0.3 is 0 Å². The van der Waals surface area contributed by atoms with Crippen molar-refractivity contribution in [2.24, 2.45) is 0 Å². The van der Waals surface area contributed by atoms with Crippen molar-refractivity contribution in [3.8, 4) is 34.2 Å². The van der Waals surface area contributed by atoms with Crippen molar-refractivity contribution in [3.63, 3.8) is 0 Å².